The summed E-state index contributed by atoms with van der Waals surface area (Å²) in [6.45, 7) is 2.81. The number of rotatable bonds is 2. The van der Waals surface area contributed by atoms with E-state index >= 15 is 0 Å². The smallest absolute Gasteiger partial charge is 0.173 e. The minimum absolute atomic E-state index is 0.0738. The Kier molecular flexibility index (Phi) is 3.39. The topological polar surface area (TPSA) is 84.0 Å². The third kappa shape index (κ3) is 2.25. The van der Waals surface area contributed by atoms with Crippen molar-refractivity contribution in [2.45, 2.75) is 0 Å². The van der Waals surface area contributed by atoms with Gasteiger partial charge < -0.3 is 20.6 Å². The molecule has 3 N–H and O–H groups in total. The number of hydrogen-bond donors (Lipinski definition) is 2. The Balaban J connectivity index is 2.15. The number of amidine groups is 1. The number of aromatic nitrogens is 1. The number of morpholine rings is 1. The predicted octanol–water partition coefficient (Wildman–Crippen LogP) is 1.17. The van der Waals surface area contributed by atoms with E-state index in [2.05, 4.69) is 15.0 Å². The van der Waals surface area contributed by atoms with Gasteiger partial charge in [0.15, 0.2) is 5.84 Å². The van der Waals surface area contributed by atoms with E-state index in [0.29, 0.717) is 18.8 Å². The maximum atomic E-state index is 8.98. The van der Waals surface area contributed by atoms with Crippen LogP contribution in [0.25, 0.3) is 10.9 Å². The number of oxime groups is 1. The monoisotopic (exact) mass is 272 g/mol. The largest absolute Gasteiger partial charge is 0.409 e. The van der Waals surface area contributed by atoms with Crippen molar-refractivity contribution in [2.75, 3.05) is 31.2 Å². The van der Waals surface area contributed by atoms with Gasteiger partial charge in [0.2, 0.25) is 0 Å². The molecule has 0 aliphatic carbocycles. The van der Waals surface area contributed by atoms with Crippen LogP contribution in [0.4, 0.5) is 5.82 Å². The van der Waals surface area contributed by atoms with Crippen LogP contribution in [0.5, 0.6) is 0 Å². The minimum Gasteiger partial charge on any atom is -0.409 e. The van der Waals surface area contributed by atoms with E-state index in [9.17, 15) is 0 Å². The number of ether oxygens (including phenoxy) is 1. The fraction of sp³-hybridized carbons (Fsp3) is 0.286. The van der Waals surface area contributed by atoms with Crippen molar-refractivity contribution < 1.29 is 9.94 Å². The number of hydrogen-bond acceptors (Lipinski definition) is 5. The van der Waals surface area contributed by atoms with Gasteiger partial charge in [-0.2, -0.15) is 0 Å². The number of nitrogens with zero attached hydrogens (tertiary/aromatic N) is 3. The normalized spacial score (nSPS) is 16.6. The first kappa shape index (κ1) is 12.7. The highest BCUT2D eigenvalue weighted by Gasteiger charge is 2.19. The van der Waals surface area contributed by atoms with Gasteiger partial charge in [0, 0.05) is 18.5 Å². The highest BCUT2D eigenvalue weighted by Crippen LogP contribution is 2.24. The molecule has 104 valence electrons. The molecule has 2 heterocycles. The van der Waals surface area contributed by atoms with Crippen molar-refractivity contribution in [2.24, 2.45) is 10.9 Å². The third-order valence-corrected chi connectivity index (χ3v) is 3.40. The second-order valence-corrected chi connectivity index (χ2v) is 4.64. The summed E-state index contributed by atoms with van der Waals surface area (Å²) in [6.07, 6.45) is 0. The standard InChI is InChI=1S/C14H16N4O2/c15-13(17-19)11-9-10-3-1-2-4-12(10)16-14(11)18-5-7-20-8-6-18/h1-4,9,19H,5-8H2,(H2,15,17). The lowest BCUT2D eigenvalue weighted by molar-refractivity contribution is 0.122. The average Bonchev–Trinajstić information content (AvgIpc) is 2.53. The molecule has 0 unspecified atom stereocenters. The van der Waals surface area contributed by atoms with Crippen molar-refractivity contribution in [1.29, 1.82) is 0 Å². The number of fused-ring (bicyclic) bond motifs is 1. The van der Waals surface area contributed by atoms with Gasteiger partial charge in [-0.3, -0.25) is 0 Å². The van der Waals surface area contributed by atoms with Gasteiger partial charge in [-0.25, -0.2) is 4.98 Å². The summed E-state index contributed by atoms with van der Waals surface area (Å²) in [7, 11) is 0. The molecule has 2 aromatic rings. The number of anilines is 1. The number of pyridine rings is 1. The molecule has 6 heteroatoms. The van der Waals surface area contributed by atoms with Crippen molar-refractivity contribution in [3.8, 4) is 0 Å². The highest BCUT2D eigenvalue weighted by atomic mass is 16.5. The Morgan fingerprint density at radius 1 is 1.30 bits per heavy atom. The number of nitrogens with two attached hydrogens (primary N) is 1. The zero-order valence-electron chi connectivity index (χ0n) is 11.0. The summed E-state index contributed by atoms with van der Waals surface area (Å²) >= 11 is 0. The molecule has 0 radical (unpaired) electrons. The quantitative estimate of drug-likeness (QED) is 0.371. The second-order valence-electron chi connectivity index (χ2n) is 4.64. The first-order valence-corrected chi connectivity index (χ1v) is 6.50. The molecule has 1 aromatic carbocycles. The predicted molar refractivity (Wildman–Crippen MR) is 77.3 cm³/mol. The molecule has 1 aliphatic rings. The SMILES string of the molecule is NC(=NO)c1cc2ccccc2nc1N1CCOCC1. The van der Waals surface area contributed by atoms with E-state index in [0.717, 1.165) is 29.8 Å². The van der Waals surface area contributed by atoms with E-state index in [-0.39, 0.29) is 5.84 Å². The first-order chi connectivity index (χ1) is 9.79. The lowest BCUT2D eigenvalue weighted by atomic mass is 10.1. The molecule has 1 fully saturated rings. The van der Waals surface area contributed by atoms with E-state index in [1.807, 2.05) is 30.3 Å². The van der Waals surface area contributed by atoms with Crippen LogP contribution in [-0.2, 0) is 4.74 Å². The molecule has 1 aliphatic heterocycles. The summed E-state index contributed by atoms with van der Waals surface area (Å²) in [4.78, 5) is 6.77. The lowest BCUT2D eigenvalue weighted by Crippen LogP contribution is -2.38. The molecule has 0 amide bonds. The van der Waals surface area contributed by atoms with Gasteiger partial charge in [0.25, 0.3) is 0 Å². The average molecular weight is 272 g/mol. The molecule has 1 aromatic heterocycles. The summed E-state index contributed by atoms with van der Waals surface area (Å²) in [5.74, 6) is 0.812. The summed E-state index contributed by atoms with van der Waals surface area (Å²) in [5, 5.41) is 13.1. The fourth-order valence-corrected chi connectivity index (χ4v) is 2.36. The van der Waals surface area contributed by atoms with Crippen molar-refractivity contribution in [3.05, 3.63) is 35.9 Å². The number of benzene rings is 1. The maximum Gasteiger partial charge on any atom is 0.173 e. The molecular weight excluding hydrogens is 256 g/mol. The molecule has 0 atom stereocenters. The van der Waals surface area contributed by atoms with Crippen molar-refractivity contribution >= 4 is 22.6 Å². The summed E-state index contributed by atoms with van der Waals surface area (Å²) in [5.41, 5.74) is 7.33. The maximum absolute atomic E-state index is 8.98. The van der Waals surface area contributed by atoms with Crippen LogP contribution < -0.4 is 10.6 Å². The van der Waals surface area contributed by atoms with Crippen LogP contribution in [0.15, 0.2) is 35.5 Å². The first-order valence-electron chi connectivity index (χ1n) is 6.50. The molecule has 0 saturated carbocycles. The zero-order valence-corrected chi connectivity index (χ0v) is 11.0. The van der Waals surface area contributed by atoms with Crippen LogP contribution in [0.2, 0.25) is 0 Å². The van der Waals surface area contributed by atoms with Crippen molar-refractivity contribution in [1.82, 2.24) is 4.98 Å². The molecule has 6 nitrogen and oxygen atoms in total. The molecule has 1 saturated heterocycles. The molecule has 0 spiro atoms. The van der Waals surface area contributed by atoms with Gasteiger partial charge >= 0.3 is 0 Å². The Labute approximate surface area is 116 Å². The van der Waals surface area contributed by atoms with E-state index in [1.165, 1.54) is 0 Å². The number of para-hydroxylation sites is 1. The third-order valence-electron chi connectivity index (χ3n) is 3.40. The Hall–Kier alpha value is -2.34. The Morgan fingerprint density at radius 2 is 2.05 bits per heavy atom. The molecule has 0 bridgehead atoms. The van der Waals surface area contributed by atoms with Gasteiger partial charge in [-0.15, -0.1) is 0 Å². The van der Waals surface area contributed by atoms with E-state index in [4.69, 9.17) is 15.7 Å². The van der Waals surface area contributed by atoms with Crippen molar-refractivity contribution in [3.63, 3.8) is 0 Å². The van der Waals surface area contributed by atoms with Crippen LogP contribution in [-0.4, -0.2) is 42.3 Å². The van der Waals surface area contributed by atoms with E-state index < -0.39 is 0 Å². The van der Waals surface area contributed by atoms with Gasteiger partial charge in [-0.05, 0) is 12.1 Å². The minimum atomic E-state index is 0.0738. The summed E-state index contributed by atoms with van der Waals surface area (Å²) < 4.78 is 5.36. The lowest BCUT2D eigenvalue weighted by Gasteiger charge is -2.29. The highest BCUT2D eigenvalue weighted by molar-refractivity contribution is 6.04. The van der Waals surface area contributed by atoms with Crippen LogP contribution in [0, 0.1) is 0 Å². The molecule has 3 rings (SSSR count). The summed E-state index contributed by atoms with van der Waals surface area (Å²) in [6, 6.07) is 9.70. The Bertz CT molecular complexity index is 651. The van der Waals surface area contributed by atoms with Crippen LogP contribution in [0.3, 0.4) is 0 Å². The van der Waals surface area contributed by atoms with Crippen LogP contribution >= 0.6 is 0 Å². The zero-order chi connectivity index (χ0) is 13.9. The van der Waals surface area contributed by atoms with E-state index in [1.54, 1.807) is 0 Å². The molecular formula is C14H16N4O2. The second kappa shape index (κ2) is 5.34. The van der Waals surface area contributed by atoms with Crippen LogP contribution in [0.1, 0.15) is 5.56 Å². The van der Waals surface area contributed by atoms with Gasteiger partial charge in [-0.1, -0.05) is 23.4 Å². The Morgan fingerprint density at radius 3 is 2.80 bits per heavy atom. The van der Waals surface area contributed by atoms with Gasteiger partial charge in [0.1, 0.15) is 5.82 Å². The fourth-order valence-electron chi connectivity index (χ4n) is 2.36. The molecule has 20 heavy (non-hydrogen) atoms. The van der Waals surface area contributed by atoms with Gasteiger partial charge in [0.05, 0.1) is 24.3 Å².